The SMILES string of the molecule is c1nc(NCCN2CCCCC2)c2[nH]ccc2n1. The van der Waals surface area contributed by atoms with Crippen molar-refractivity contribution in [3.05, 3.63) is 18.6 Å². The minimum absolute atomic E-state index is 0.905. The van der Waals surface area contributed by atoms with Crippen LogP contribution in [0.2, 0.25) is 0 Å². The molecule has 0 bridgehead atoms. The van der Waals surface area contributed by atoms with E-state index in [4.69, 9.17) is 0 Å². The summed E-state index contributed by atoms with van der Waals surface area (Å²) in [5.74, 6) is 0.905. The van der Waals surface area contributed by atoms with E-state index in [0.29, 0.717) is 0 Å². The van der Waals surface area contributed by atoms with Crippen molar-refractivity contribution in [3.63, 3.8) is 0 Å². The molecule has 2 aromatic heterocycles. The summed E-state index contributed by atoms with van der Waals surface area (Å²) >= 11 is 0. The van der Waals surface area contributed by atoms with E-state index in [9.17, 15) is 0 Å². The summed E-state index contributed by atoms with van der Waals surface area (Å²) in [7, 11) is 0. The van der Waals surface area contributed by atoms with Crippen molar-refractivity contribution in [2.75, 3.05) is 31.5 Å². The predicted octanol–water partition coefficient (Wildman–Crippen LogP) is 1.86. The lowest BCUT2D eigenvalue weighted by atomic mass is 10.1. The van der Waals surface area contributed by atoms with Gasteiger partial charge in [0.25, 0.3) is 0 Å². The lowest BCUT2D eigenvalue weighted by Crippen LogP contribution is -2.33. The molecule has 0 amide bonds. The van der Waals surface area contributed by atoms with Crippen molar-refractivity contribution >= 4 is 16.9 Å². The zero-order chi connectivity index (χ0) is 12.2. The molecule has 0 saturated carbocycles. The summed E-state index contributed by atoms with van der Waals surface area (Å²) < 4.78 is 0. The van der Waals surface area contributed by atoms with E-state index >= 15 is 0 Å². The number of hydrogen-bond donors (Lipinski definition) is 2. The standard InChI is InChI=1S/C13H19N5/c1-2-7-18(8-3-1)9-6-15-13-12-11(4-5-14-12)16-10-17-13/h4-5,10,14H,1-3,6-9H2,(H,15,16,17). The Kier molecular flexibility index (Phi) is 3.41. The Bertz CT molecular complexity index is 501. The molecule has 0 unspecified atom stereocenters. The summed E-state index contributed by atoms with van der Waals surface area (Å²) in [6, 6.07) is 1.97. The highest BCUT2D eigenvalue weighted by atomic mass is 15.1. The van der Waals surface area contributed by atoms with E-state index in [2.05, 4.69) is 25.2 Å². The number of piperidine rings is 1. The number of nitrogens with one attached hydrogen (secondary N) is 2. The van der Waals surface area contributed by atoms with Crippen molar-refractivity contribution in [2.24, 2.45) is 0 Å². The fraction of sp³-hybridized carbons (Fsp3) is 0.538. The fourth-order valence-corrected chi connectivity index (χ4v) is 2.52. The molecule has 0 aliphatic carbocycles. The molecule has 0 spiro atoms. The summed E-state index contributed by atoms with van der Waals surface area (Å²) in [6.07, 6.45) is 7.58. The molecule has 96 valence electrons. The molecular weight excluding hydrogens is 226 g/mol. The van der Waals surface area contributed by atoms with Crippen LogP contribution in [0.5, 0.6) is 0 Å². The molecule has 1 fully saturated rings. The molecule has 2 aromatic rings. The second-order valence-electron chi connectivity index (χ2n) is 4.79. The zero-order valence-corrected chi connectivity index (χ0v) is 10.5. The summed E-state index contributed by atoms with van der Waals surface area (Å²) in [5.41, 5.74) is 1.96. The average molecular weight is 245 g/mol. The molecule has 3 heterocycles. The van der Waals surface area contributed by atoms with Crippen molar-refractivity contribution in [1.29, 1.82) is 0 Å². The second kappa shape index (κ2) is 5.35. The molecule has 1 aliphatic heterocycles. The number of fused-ring (bicyclic) bond motifs is 1. The van der Waals surface area contributed by atoms with Gasteiger partial charge in [-0.2, -0.15) is 0 Å². The smallest absolute Gasteiger partial charge is 0.153 e. The number of rotatable bonds is 4. The second-order valence-corrected chi connectivity index (χ2v) is 4.79. The van der Waals surface area contributed by atoms with E-state index in [1.54, 1.807) is 6.33 Å². The van der Waals surface area contributed by atoms with Gasteiger partial charge < -0.3 is 15.2 Å². The van der Waals surface area contributed by atoms with Gasteiger partial charge in [0.1, 0.15) is 11.8 Å². The number of hydrogen-bond acceptors (Lipinski definition) is 4. The first-order valence-electron chi connectivity index (χ1n) is 6.68. The normalized spacial score (nSPS) is 17.1. The molecule has 3 rings (SSSR count). The van der Waals surface area contributed by atoms with Crippen molar-refractivity contribution < 1.29 is 0 Å². The minimum Gasteiger partial charge on any atom is -0.367 e. The van der Waals surface area contributed by atoms with Crippen LogP contribution >= 0.6 is 0 Å². The zero-order valence-electron chi connectivity index (χ0n) is 10.5. The highest BCUT2D eigenvalue weighted by Crippen LogP contribution is 2.16. The van der Waals surface area contributed by atoms with Crippen molar-refractivity contribution in [2.45, 2.75) is 19.3 Å². The van der Waals surface area contributed by atoms with Crippen LogP contribution in [-0.4, -0.2) is 46.0 Å². The van der Waals surface area contributed by atoms with Gasteiger partial charge in [0.05, 0.1) is 5.52 Å². The Morgan fingerprint density at radius 1 is 1.22 bits per heavy atom. The Morgan fingerprint density at radius 3 is 3.00 bits per heavy atom. The van der Waals surface area contributed by atoms with Crippen LogP contribution in [0.1, 0.15) is 19.3 Å². The van der Waals surface area contributed by atoms with Crippen LogP contribution in [0.4, 0.5) is 5.82 Å². The number of likely N-dealkylation sites (tertiary alicyclic amines) is 1. The molecule has 18 heavy (non-hydrogen) atoms. The van der Waals surface area contributed by atoms with Crippen LogP contribution < -0.4 is 5.32 Å². The maximum absolute atomic E-state index is 4.29. The summed E-state index contributed by atoms with van der Waals surface area (Å²) in [5, 5.41) is 3.40. The fourth-order valence-electron chi connectivity index (χ4n) is 2.52. The van der Waals surface area contributed by atoms with Crippen LogP contribution in [0.15, 0.2) is 18.6 Å². The number of H-pyrrole nitrogens is 1. The number of nitrogens with zero attached hydrogens (tertiary/aromatic N) is 3. The van der Waals surface area contributed by atoms with Crippen LogP contribution in [0.3, 0.4) is 0 Å². The van der Waals surface area contributed by atoms with E-state index in [1.807, 2.05) is 12.3 Å². The van der Waals surface area contributed by atoms with Crippen LogP contribution in [0, 0.1) is 0 Å². The Labute approximate surface area is 107 Å². The Hall–Kier alpha value is -1.62. The van der Waals surface area contributed by atoms with E-state index in [-0.39, 0.29) is 0 Å². The average Bonchev–Trinajstić information content (AvgIpc) is 2.89. The monoisotopic (exact) mass is 245 g/mol. The number of aromatic amines is 1. The molecule has 0 atom stereocenters. The largest absolute Gasteiger partial charge is 0.367 e. The third-order valence-corrected chi connectivity index (χ3v) is 3.51. The first-order chi connectivity index (χ1) is 8.93. The minimum atomic E-state index is 0.905. The molecule has 5 heteroatoms. The molecule has 0 radical (unpaired) electrons. The number of anilines is 1. The first-order valence-corrected chi connectivity index (χ1v) is 6.68. The Morgan fingerprint density at radius 2 is 2.11 bits per heavy atom. The van der Waals surface area contributed by atoms with Gasteiger partial charge in [-0.05, 0) is 32.0 Å². The van der Waals surface area contributed by atoms with Gasteiger partial charge in [-0.3, -0.25) is 0 Å². The maximum atomic E-state index is 4.29. The van der Waals surface area contributed by atoms with Gasteiger partial charge in [-0.15, -0.1) is 0 Å². The van der Waals surface area contributed by atoms with E-state index in [0.717, 1.165) is 29.9 Å². The van der Waals surface area contributed by atoms with E-state index in [1.165, 1.54) is 32.4 Å². The van der Waals surface area contributed by atoms with Crippen LogP contribution in [0.25, 0.3) is 11.0 Å². The highest BCUT2D eigenvalue weighted by molar-refractivity contribution is 5.85. The third-order valence-electron chi connectivity index (χ3n) is 3.51. The maximum Gasteiger partial charge on any atom is 0.153 e. The molecule has 2 N–H and O–H groups in total. The summed E-state index contributed by atoms with van der Waals surface area (Å²) in [6.45, 7) is 4.50. The van der Waals surface area contributed by atoms with Crippen LogP contribution in [-0.2, 0) is 0 Å². The molecular formula is C13H19N5. The molecule has 1 saturated heterocycles. The van der Waals surface area contributed by atoms with Crippen molar-refractivity contribution in [1.82, 2.24) is 19.9 Å². The van der Waals surface area contributed by atoms with Gasteiger partial charge in [0.2, 0.25) is 0 Å². The van der Waals surface area contributed by atoms with Gasteiger partial charge in [0, 0.05) is 19.3 Å². The van der Waals surface area contributed by atoms with Gasteiger partial charge in [0.15, 0.2) is 5.82 Å². The molecule has 0 aromatic carbocycles. The Balaban J connectivity index is 1.57. The summed E-state index contributed by atoms with van der Waals surface area (Å²) in [4.78, 5) is 14.2. The number of aromatic nitrogens is 3. The molecule has 5 nitrogen and oxygen atoms in total. The van der Waals surface area contributed by atoms with Gasteiger partial charge in [-0.1, -0.05) is 6.42 Å². The van der Waals surface area contributed by atoms with E-state index < -0.39 is 0 Å². The van der Waals surface area contributed by atoms with Gasteiger partial charge >= 0.3 is 0 Å². The first kappa shape index (κ1) is 11.5. The lowest BCUT2D eigenvalue weighted by Gasteiger charge is -2.26. The molecule has 1 aliphatic rings. The lowest BCUT2D eigenvalue weighted by molar-refractivity contribution is 0.237. The topological polar surface area (TPSA) is 56.8 Å². The van der Waals surface area contributed by atoms with Crippen molar-refractivity contribution in [3.8, 4) is 0 Å². The highest BCUT2D eigenvalue weighted by Gasteiger charge is 2.09. The third kappa shape index (κ3) is 2.46. The predicted molar refractivity (Wildman–Crippen MR) is 72.7 cm³/mol. The van der Waals surface area contributed by atoms with Gasteiger partial charge in [-0.25, -0.2) is 9.97 Å². The quantitative estimate of drug-likeness (QED) is 0.863.